The van der Waals surface area contributed by atoms with Crippen LogP contribution in [-0.2, 0) is 20.1 Å². The van der Waals surface area contributed by atoms with Crippen LogP contribution in [0.2, 0.25) is 0 Å². The fourth-order valence-corrected chi connectivity index (χ4v) is 7.57. The number of hydrogen-bond donors (Lipinski definition) is 0. The summed E-state index contributed by atoms with van der Waals surface area (Å²) in [4.78, 5) is 15.3. The van der Waals surface area contributed by atoms with Crippen LogP contribution in [0.1, 0.15) is 0 Å². The molecule has 0 atom stereocenters. The van der Waals surface area contributed by atoms with E-state index in [0.29, 0.717) is 5.82 Å². The number of nitrogens with zero attached hydrogens (tertiary/aromatic N) is 3. The molecule has 3 nitrogen and oxygen atoms in total. The summed E-state index contributed by atoms with van der Waals surface area (Å²) < 4.78 is 0. The Hall–Kier alpha value is -7.10. The molecule has 4 heteroatoms. The van der Waals surface area contributed by atoms with Gasteiger partial charge in [0.1, 0.15) is 5.82 Å². The van der Waals surface area contributed by atoms with Crippen LogP contribution in [0.25, 0.3) is 100 Å². The van der Waals surface area contributed by atoms with Crippen molar-refractivity contribution in [1.82, 2.24) is 15.0 Å². The summed E-state index contributed by atoms with van der Waals surface area (Å²) in [6.45, 7) is 0. The average molecular weight is 931 g/mol. The topological polar surface area (TPSA) is 38.7 Å². The van der Waals surface area contributed by atoms with Gasteiger partial charge in [0.2, 0.25) is 0 Å². The molecule has 0 aliphatic rings. The van der Waals surface area contributed by atoms with Crippen molar-refractivity contribution in [1.29, 1.82) is 0 Å². The molecule has 0 spiro atoms. The minimum atomic E-state index is 0. The summed E-state index contributed by atoms with van der Waals surface area (Å²) in [7, 11) is 0. The zero-order valence-corrected chi connectivity index (χ0v) is 34.4. The van der Waals surface area contributed by atoms with Crippen molar-refractivity contribution in [3.63, 3.8) is 0 Å². The molecule has 0 aliphatic heterocycles. The quantitative estimate of drug-likeness (QED) is 0.143. The molecule has 8 aromatic carbocycles. The monoisotopic (exact) mass is 931 g/mol. The van der Waals surface area contributed by atoms with Crippen LogP contribution >= 0.6 is 0 Å². The second-order valence-electron chi connectivity index (χ2n) is 14.4. The summed E-state index contributed by atoms with van der Waals surface area (Å²) in [5.74, 6) is 0.638. The van der Waals surface area contributed by atoms with Crippen molar-refractivity contribution in [2.24, 2.45) is 0 Å². The van der Waals surface area contributed by atoms with E-state index in [1.165, 1.54) is 27.8 Å². The Morgan fingerprint density at radius 2 is 0.780 bits per heavy atom. The molecule has 0 aliphatic carbocycles. The Balaban J connectivity index is 0.00000449. The first kappa shape index (κ1) is 37.5. The van der Waals surface area contributed by atoms with Gasteiger partial charge < -0.3 is 4.98 Å². The van der Waals surface area contributed by atoms with E-state index < -0.39 is 0 Å². The molecule has 0 bridgehead atoms. The van der Waals surface area contributed by atoms with Crippen LogP contribution in [-0.4, -0.2) is 15.0 Å². The summed E-state index contributed by atoms with van der Waals surface area (Å²) in [6.07, 6.45) is 1.92. The largest absolute Gasteiger partial charge is 0.304 e. The van der Waals surface area contributed by atoms with Gasteiger partial charge in [-0.05, 0) is 91.3 Å². The van der Waals surface area contributed by atoms with Gasteiger partial charge in [0.25, 0.3) is 0 Å². The Bertz CT molecular complexity index is 2980. The normalized spacial score (nSPS) is 10.9. The van der Waals surface area contributed by atoms with E-state index in [9.17, 15) is 0 Å². The third-order valence-corrected chi connectivity index (χ3v) is 10.6. The molecule has 2 heterocycles. The molecule has 0 N–H and O–H groups in total. The van der Waals surface area contributed by atoms with Crippen molar-refractivity contribution >= 4 is 10.8 Å². The van der Waals surface area contributed by atoms with Gasteiger partial charge in [0.15, 0.2) is 0 Å². The standard InChI is InChI=1S/C55H36N3.Ir/c1-4-14-38(15-5-1)41-26-28-42(29-27-41)53-36-54(58-55(57-53)47-25-13-23-45(31-47)52-35-44-20-10-11-21-48(44)37-56-52)46-24-12-22-43(30-46)51-33-49(39-16-6-2-7-17-39)32-50(34-51)40-18-8-3-9-19-40;/h1-22,24-37H;/q-1;. The van der Waals surface area contributed by atoms with Gasteiger partial charge in [-0.25, -0.2) is 9.97 Å². The first-order valence-corrected chi connectivity index (χ1v) is 19.5. The molecule has 59 heavy (non-hydrogen) atoms. The molecule has 2 aromatic heterocycles. The van der Waals surface area contributed by atoms with Crippen molar-refractivity contribution in [3.05, 3.63) is 225 Å². The fraction of sp³-hybridized carbons (Fsp3) is 0. The van der Waals surface area contributed by atoms with Gasteiger partial charge in [-0.15, -0.1) is 29.8 Å². The first-order valence-electron chi connectivity index (χ1n) is 19.5. The molecule has 10 rings (SSSR count). The Labute approximate surface area is 358 Å². The van der Waals surface area contributed by atoms with Gasteiger partial charge in [-0.2, -0.15) is 0 Å². The van der Waals surface area contributed by atoms with Gasteiger partial charge in [0, 0.05) is 37.4 Å². The Morgan fingerprint density at radius 3 is 1.42 bits per heavy atom. The van der Waals surface area contributed by atoms with Crippen molar-refractivity contribution in [2.75, 3.05) is 0 Å². The van der Waals surface area contributed by atoms with Gasteiger partial charge in [-0.3, -0.25) is 0 Å². The molecule has 0 saturated carbocycles. The third-order valence-electron chi connectivity index (χ3n) is 10.6. The summed E-state index contributed by atoms with van der Waals surface area (Å²) >= 11 is 0. The van der Waals surface area contributed by atoms with Gasteiger partial charge in [0.05, 0.1) is 11.4 Å². The Kier molecular flexibility index (Phi) is 10.7. The number of hydrogen-bond acceptors (Lipinski definition) is 3. The molecule has 0 saturated heterocycles. The average Bonchev–Trinajstić information content (AvgIpc) is 3.32. The molecule has 10 aromatic rings. The third kappa shape index (κ3) is 8.06. The number of pyridine rings is 1. The van der Waals surface area contributed by atoms with Crippen molar-refractivity contribution in [2.45, 2.75) is 0 Å². The van der Waals surface area contributed by atoms with Crippen molar-refractivity contribution in [3.8, 4) is 89.7 Å². The van der Waals surface area contributed by atoms with Gasteiger partial charge >= 0.3 is 0 Å². The molecule has 0 amide bonds. The van der Waals surface area contributed by atoms with E-state index in [1.807, 2.05) is 30.5 Å². The van der Waals surface area contributed by atoms with E-state index in [1.54, 1.807) is 0 Å². The summed E-state index contributed by atoms with van der Waals surface area (Å²) in [5, 5.41) is 2.24. The molecular weight excluding hydrogens is 895 g/mol. The van der Waals surface area contributed by atoms with E-state index in [2.05, 4.69) is 194 Å². The molecule has 0 fully saturated rings. The number of fused-ring (bicyclic) bond motifs is 1. The van der Waals surface area contributed by atoms with E-state index in [4.69, 9.17) is 15.0 Å². The fourth-order valence-electron chi connectivity index (χ4n) is 7.57. The van der Waals surface area contributed by atoms with Crippen LogP contribution in [0, 0.1) is 6.07 Å². The number of aromatic nitrogens is 3. The summed E-state index contributed by atoms with van der Waals surface area (Å²) in [6, 6.07) is 77.8. The molecular formula is C55H36IrN3-. The number of benzene rings is 8. The maximum absolute atomic E-state index is 5.27. The molecule has 1 radical (unpaired) electrons. The smallest absolute Gasteiger partial charge is 0.142 e. The number of rotatable bonds is 8. The van der Waals surface area contributed by atoms with E-state index >= 15 is 0 Å². The second kappa shape index (κ2) is 16.8. The zero-order chi connectivity index (χ0) is 38.7. The maximum Gasteiger partial charge on any atom is 0.142 e. The van der Waals surface area contributed by atoms with Crippen LogP contribution in [0.5, 0.6) is 0 Å². The maximum atomic E-state index is 5.27. The van der Waals surface area contributed by atoms with Crippen LogP contribution < -0.4 is 0 Å². The van der Waals surface area contributed by atoms with E-state index in [0.717, 1.165) is 66.8 Å². The molecule has 0 unspecified atom stereocenters. The zero-order valence-electron chi connectivity index (χ0n) is 32.0. The van der Waals surface area contributed by atoms with Crippen LogP contribution in [0.3, 0.4) is 0 Å². The summed E-state index contributed by atoms with van der Waals surface area (Å²) in [5.41, 5.74) is 15.6. The predicted molar refractivity (Wildman–Crippen MR) is 240 cm³/mol. The SMILES string of the molecule is [Ir].[c-]1ccc(-c2nc(-c3ccc(-c4ccccc4)cc3)cc(-c3cccc(-c4cc(-c5ccccc5)cc(-c5ccccc5)c4)c3)n2)cc1-c1cc2ccccc2cn1. The second-order valence-corrected chi connectivity index (χ2v) is 14.4. The van der Waals surface area contributed by atoms with E-state index in [-0.39, 0.29) is 20.1 Å². The van der Waals surface area contributed by atoms with Crippen LogP contribution in [0.4, 0.5) is 0 Å². The first-order chi connectivity index (χ1) is 28.7. The Morgan fingerprint density at radius 1 is 0.305 bits per heavy atom. The minimum absolute atomic E-state index is 0. The predicted octanol–water partition coefficient (Wildman–Crippen LogP) is 14.2. The van der Waals surface area contributed by atoms with Crippen LogP contribution in [0.15, 0.2) is 219 Å². The minimum Gasteiger partial charge on any atom is -0.304 e. The molecule has 281 valence electrons. The van der Waals surface area contributed by atoms with Crippen molar-refractivity contribution < 1.29 is 20.1 Å². The van der Waals surface area contributed by atoms with Gasteiger partial charge in [-0.1, -0.05) is 169 Å².